The number of aryl methyl sites for hydroxylation is 1. The van der Waals surface area contributed by atoms with Gasteiger partial charge >= 0.3 is 0 Å². The first-order valence-electron chi connectivity index (χ1n) is 13.8. The Kier molecular flexibility index (Phi) is 8.26. The summed E-state index contributed by atoms with van der Waals surface area (Å²) in [4.78, 5) is 25.9. The van der Waals surface area contributed by atoms with Crippen molar-refractivity contribution >= 4 is 63.1 Å². The first kappa shape index (κ1) is 29.6. The molecule has 0 unspecified atom stereocenters. The van der Waals surface area contributed by atoms with Crippen molar-refractivity contribution in [3.63, 3.8) is 0 Å². The number of nitrogens with one attached hydrogen (secondary N) is 2. The van der Waals surface area contributed by atoms with Gasteiger partial charge in [0.05, 0.1) is 41.7 Å². The highest BCUT2D eigenvalue weighted by atomic mass is 35.5. The molecule has 4 heterocycles. The van der Waals surface area contributed by atoms with Gasteiger partial charge in [0.25, 0.3) is 0 Å². The Labute approximate surface area is 261 Å². The number of pyridine rings is 1. The van der Waals surface area contributed by atoms with Crippen LogP contribution in [0.3, 0.4) is 0 Å². The number of carbonyl (C=O) groups excluding carboxylic acids is 1. The highest BCUT2D eigenvalue weighted by Crippen LogP contribution is 2.45. The minimum absolute atomic E-state index is 0.0152. The van der Waals surface area contributed by atoms with Crippen LogP contribution >= 0.6 is 23.2 Å². The Morgan fingerprint density at radius 3 is 2.75 bits per heavy atom. The monoisotopic (exact) mass is 636 g/mol. The van der Waals surface area contributed by atoms with Crippen molar-refractivity contribution < 1.29 is 23.4 Å². The lowest BCUT2D eigenvalue weighted by Crippen LogP contribution is -2.17. The van der Waals surface area contributed by atoms with Gasteiger partial charge in [0, 0.05) is 53.7 Å². The zero-order valence-corrected chi connectivity index (χ0v) is 25.3. The van der Waals surface area contributed by atoms with E-state index in [-0.39, 0.29) is 29.2 Å². The minimum atomic E-state index is -0.628. The lowest BCUT2D eigenvalue weighted by Gasteiger charge is -2.18. The van der Waals surface area contributed by atoms with Crippen molar-refractivity contribution in [2.24, 2.45) is 0 Å². The summed E-state index contributed by atoms with van der Waals surface area (Å²) < 4.78 is 33.6. The van der Waals surface area contributed by atoms with E-state index in [0.29, 0.717) is 69.7 Å². The zero-order chi connectivity index (χ0) is 31.0. The van der Waals surface area contributed by atoms with E-state index in [2.05, 4.69) is 27.2 Å². The van der Waals surface area contributed by atoms with Crippen molar-refractivity contribution in [3.05, 3.63) is 76.9 Å². The third kappa shape index (κ3) is 5.49. The van der Waals surface area contributed by atoms with E-state index in [9.17, 15) is 4.79 Å². The molecule has 0 aliphatic carbocycles. The summed E-state index contributed by atoms with van der Waals surface area (Å²) in [6, 6.07) is 6.31. The molecule has 1 fully saturated rings. The van der Waals surface area contributed by atoms with Crippen LogP contribution in [-0.4, -0.2) is 51.7 Å². The second kappa shape index (κ2) is 12.3. The van der Waals surface area contributed by atoms with Crippen molar-refractivity contribution in [2.45, 2.75) is 25.9 Å². The Hall–Kier alpha value is -4.45. The Balaban J connectivity index is 1.42. The zero-order valence-electron chi connectivity index (χ0n) is 23.8. The predicted molar refractivity (Wildman–Crippen MR) is 168 cm³/mol. The molecule has 1 aliphatic heterocycles. The molecule has 1 amide bonds. The molecule has 13 heteroatoms. The lowest BCUT2D eigenvalue weighted by molar-refractivity contribution is -0.111. The van der Waals surface area contributed by atoms with Gasteiger partial charge < -0.3 is 24.8 Å². The largest absolute Gasteiger partial charge is 0.495 e. The molecule has 226 valence electrons. The number of aromatic nitrogens is 4. The number of carbonyl (C=O) groups is 1. The first-order chi connectivity index (χ1) is 21.3. The van der Waals surface area contributed by atoms with E-state index in [0.717, 1.165) is 11.6 Å². The SMILES string of the molecule is C=CC(=O)Nc1cc(O[C@@H]2CCOC2)c(F)cc1Nc1ncc2cc(-c3c(Cl)c(CC)cc(OC)c3Cl)c3nccn3c2n1. The van der Waals surface area contributed by atoms with Gasteiger partial charge in [-0.1, -0.05) is 36.7 Å². The maximum atomic E-state index is 15.2. The van der Waals surface area contributed by atoms with Gasteiger partial charge in [-0.2, -0.15) is 4.98 Å². The summed E-state index contributed by atoms with van der Waals surface area (Å²) in [6.45, 7) is 6.40. The normalized spacial score (nSPS) is 14.6. The van der Waals surface area contributed by atoms with Gasteiger partial charge in [0.15, 0.2) is 17.2 Å². The molecule has 2 aromatic carbocycles. The molecule has 0 spiro atoms. The second-order valence-corrected chi connectivity index (χ2v) is 10.8. The molecule has 6 rings (SSSR count). The van der Waals surface area contributed by atoms with E-state index in [1.54, 1.807) is 30.1 Å². The number of hydrogen-bond donors (Lipinski definition) is 2. The van der Waals surface area contributed by atoms with Crippen LogP contribution in [0.25, 0.3) is 27.8 Å². The maximum Gasteiger partial charge on any atom is 0.247 e. The third-order valence-electron chi connectivity index (χ3n) is 7.26. The highest BCUT2D eigenvalue weighted by molar-refractivity contribution is 6.41. The Morgan fingerprint density at radius 1 is 1.18 bits per heavy atom. The van der Waals surface area contributed by atoms with Crippen LogP contribution in [0.4, 0.5) is 21.7 Å². The summed E-state index contributed by atoms with van der Waals surface area (Å²) in [5.41, 5.74) is 3.69. The molecule has 0 bridgehead atoms. The van der Waals surface area contributed by atoms with Gasteiger partial charge in [0.1, 0.15) is 17.5 Å². The van der Waals surface area contributed by atoms with Crippen molar-refractivity contribution in [1.29, 1.82) is 0 Å². The number of amides is 1. The molecule has 0 saturated carbocycles. The van der Waals surface area contributed by atoms with Gasteiger partial charge in [-0.15, -0.1) is 0 Å². The molecular weight excluding hydrogens is 610 g/mol. The number of fused-ring (bicyclic) bond motifs is 3. The van der Waals surface area contributed by atoms with E-state index < -0.39 is 11.7 Å². The van der Waals surface area contributed by atoms with Crippen molar-refractivity contribution in [1.82, 2.24) is 19.4 Å². The lowest BCUT2D eigenvalue weighted by atomic mass is 10.0. The van der Waals surface area contributed by atoms with Gasteiger partial charge in [0.2, 0.25) is 11.9 Å². The Bertz CT molecular complexity index is 1900. The van der Waals surface area contributed by atoms with Crippen LogP contribution in [0.1, 0.15) is 18.9 Å². The number of methoxy groups -OCH3 is 1. The van der Waals surface area contributed by atoms with Gasteiger partial charge in [-0.3, -0.25) is 9.20 Å². The number of halogens is 3. The first-order valence-corrected chi connectivity index (χ1v) is 14.5. The molecule has 1 aliphatic rings. The quantitative estimate of drug-likeness (QED) is 0.166. The van der Waals surface area contributed by atoms with Crippen LogP contribution in [0.15, 0.2) is 55.5 Å². The average molecular weight is 637 g/mol. The molecule has 10 nitrogen and oxygen atoms in total. The van der Waals surface area contributed by atoms with Crippen LogP contribution in [0.2, 0.25) is 10.0 Å². The van der Waals surface area contributed by atoms with E-state index in [1.165, 1.54) is 12.1 Å². The predicted octanol–water partition coefficient (Wildman–Crippen LogP) is 7.00. The number of hydrogen-bond acceptors (Lipinski definition) is 8. The van der Waals surface area contributed by atoms with E-state index in [1.807, 2.05) is 19.1 Å². The summed E-state index contributed by atoms with van der Waals surface area (Å²) in [7, 11) is 1.55. The summed E-state index contributed by atoms with van der Waals surface area (Å²) in [6.07, 6.45) is 7.16. The minimum Gasteiger partial charge on any atom is -0.495 e. The number of imidazole rings is 1. The van der Waals surface area contributed by atoms with E-state index in [4.69, 9.17) is 42.4 Å². The highest BCUT2D eigenvalue weighted by Gasteiger charge is 2.23. The van der Waals surface area contributed by atoms with Crippen LogP contribution < -0.4 is 20.1 Å². The maximum absolute atomic E-state index is 15.2. The number of rotatable bonds is 9. The standard InChI is InChI=1S/C31H27Cl2FN6O4/c1-4-16-11-24(42-3)28(33)26(27(16)32)19-10-17-14-36-31(39-29(17)40-8-7-35-30(19)40)38-21-12-20(34)23(44-18-6-9-43-15-18)13-22(21)37-25(41)5-2/h5,7-8,10-14,18H,2,4,6,9,15H2,1,3H3,(H,37,41)(H,36,38,39)/t18-/m1/s1. The van der Waals surface area contributed by atoms with Crippen LogP contribution in [0, 0.1) is 5.82 Å². The molecule has 2 N–H and O–H groups in total. The Morgan fingerprint density at radius 2 is 2.02 bits per heavy atom. The molecular formula is C31H27Cl2FN6O4. The fourth-order valence-electron chi connectivity index (χ4n) is 5.06. The fourth-order valence-corrected chi connectivity index (χ4v) is 5.82. The van der Waals surface area contributed by atoms with E-state index >= 15 is 4.39 Å². The summed E-state index contributed by atoms with van der Waals surface area (Å²) in [5.74, 6) is -0.473. The van der Waals surface area contributed by atoms with Crippen LogP contribution in [-0.2, 0) is 16.0 Å². The topological polar surface area (TPSA) is 112 Å². The van der Waals surface area contributed by atoms with Crippen LogP contribution in [0.5, 0.6) is 11.5 Å². The van der Waals surface area contributed by atoms with Gasteiger partial charge in [-0.05, 0) is 30.2 Å². The van der Waals surface area contributed by atoms with Gasteiger partial charge in [-0.25, -0.2) is 14.4 Å². The third-order valence-corrected chi connectivity index (χ3v) is 8.07. The fraction of sp³-hybridized carbons (Fsp3) is 0.226. The molecule has 3 aromatic heterocycles. The number of nitrogens with zero attached hydrogens (tertiary/aromatic N) is 4. The number of ether oxygens (including phenoxy) is 3. The van der Waals surface area contributed by atoms with Crippen molar-refractivity contribution in [2.75, 3.05) is 31.0 Å². The molecule has 44 heavy (non-hydrogen) atoms. The summed E-state index contributed by atoms with van der Waals surface area (Å²) in [5, 5.41) is 7.24. The average Bonchev–Trinajstić information content (AvgIpc) is 3.73. The smallest absolute Gasteiger partial charge is 0.247 e. The number of benzene rings is 2. The molecule has 1 atom stereocenters. The molecule has 1 saturated heterocycles. The second-order valence-electron chi connectivity index (χ2n) is 10.00. The number of anilines is 3. The van der Waals surface area contributed by atoms with Crippen molar-refractivity contribution in [3.8, 4) is 22.6 Å². The molecule has 5 aromatic rings. The summed E-state index contributed by atoms with van der Waals surface area (Å²) >= 11 is 13.6. The molecule has 0 radical (unpaired) electrons.